The molecule has 1 amide bonds. The number of sulfonamides is 1. The molecule has 1 heterocycles. The van der Waals surface area contributed by atoms with Gasteiger partial charge in [0.2, 0.25) is 10.0 Å². The van der Waals surface area contributed by atoms with Crippen LogP contribution in [0.15, 0.2) is 71.6 Å². The van der Waals surface area contributed by atoms with Crippen LogP contribution in [0.1, 0.15) is 32.6 Å². The third-order valence-electron chi connectivity index (χ3n) is 6.13. The maximum absolute atomic E-state index is 12.8. The zero-order valence-corrected chi connectivity index (χ0v) is 20.8. The highest BCUT2D eigenvalue weighted by Gasteiger charge is 2.25. The average molecular weight is 497 g/mol. The van der Waals surface area contributed by atoms with E-state index in [1.54, 1.807) is 28.6 Å². The van der Waals surface area contributed by atoms with Gasteiger partial charge in [0.15, 0.2) is 6.10 Å². The summed E-state index contributed by atoms with van der Waals surface area (Å²) in [6, 6.07) is 20.1. The second-order valence-electron chi connectivity index (χ2n) is 8.57. The van der Waals surface area contributed by atoms with Crippen LogP contribution in [0.25, 0.3) is 10.8 Å². The van der Waals surface area contributed by atoms with E-state index in [0.29, 0.717) is 37.6 Å². The van der Waals surface area contributed by atoms with Crippen molar-refractivity contribution in [2.75, 3.05) is 26.2 Å². The van der Waals surface area contributed by atoms with E-state index in [9.17, 15) is 13.2 Å². The summed E-state index contributed by atoms with van der Waals surface area (Å²) < 4.78 is 38.8. The summed E-state index contributed by atoms with van der Waals surface area (Å²) in [4.78, 5) is 12.9. The van der Waals surface area contributed by atoms with Crippen LogP contribution in [0, 0.1) is 0 Å². The largest absolute Gasteiger partial charge is 0.492 e. The lowest BCUT2D eigenvalue weighted by molar-refractivity contribution is -0.128. The van der Waals surface area contributed by atoms with E-state index in [1.807, 2.05) is 49.4 Å². The van der Waals surface area contributed by atoms with Gasteiger partial charge in [-0.25, -0.2) is 8.42 Å². The van der Waals surface area contributed by atoms with E-state index in [4.69, 9.17) is 9.47 Å². The first-order valence-corrected chi connectivity index (χ1v) is 13.6. The molecule has 4 rings (SSSR count). The molecule has 35 heavy (non-hydrogen) atoms. The van der Waals surface area contributed by atoms with Crippen molar-refractivity contribution in [1.82, 2.24) is 9.62 Å². The molecule has 0 bridgehead atoms. The van der Waals surface area contributed by atoms with Gasteiger partial charge in [-0.2, -0.15) is 4.31 Å². The van der Waals surface area contributed by atoms with E-state index in [2.05, 4.69) is 5.32 Å². The molecule has 1 fully saturated rings. The molecule has 7 nitrogen and oxygen atoms in total. The van der Waals surface area contributed by atoms with Gasteiger partial charge in [-0.15, -0.1) is 0 Å². The number of hydrogen-bond donors (Lipinski definition) is 1. The standard InChI is InChI=1S/C27H32N2O5S/c1-2-25(34-26-12-8-10-21-9-4-5-11-24(21)26)27(30)28-17-20-33-22-13-15-23(16-14-22)35(31,32)29-18-6-3-7-19-29/h4-5,8-16,25H,2-3,6-7,17-20H2,1H3,(H,28,30). The van der Waals surface area contributed by atoms with E-state index in [0.717, 1.165) is 30.0 Å². The van der Waals surface area contributed by atoms with Gasteiger partial charge < -0.3 is 14.8 Å². The molecule has 186 valence electrons. The predicted molar refractivity (Wildman–Crippen MR) is 136 cm³/mol. The summed E-state index contributed by atoms with van der Waals surface area (Å²) in [6.07, 6.45) is 2.79. The lowest BCUT2D eigenvalue weighted by Crippen LogP contribution is -2.39. The van der Waals surface area contributed by atoms with Crippen molar-refractivity contribution in [2.45, 2.75) is 43.6 Å². The second-order valence-corrected chi connectivity index (χ2v) is 10.5. The third-order valence-corrected chi connectivity index (χ3v) is 8.04. The summed E-state index contributed by atoms with van der Waals surface area (Å²) in [5.41, 5.74) is 0. The Balaban J connectivity index is 1.26. The molecule has 8 heteroatoms. The van der Waals surface area contributed by atoms with Crippen LogP contribution >= 0.6 is 0 Å². The van der Waals surface area contributed by atoms with Crippen molar-refractivity contribution in [1.29, 1.82) is 0 Å². The van der Waals surface area contributed by atoms with Crippen LogP contribution in [-0.4, -0.2) is 51.0 Å². The Hall–Kier alpha value is -3.10. The molecule has 1 aliphatic rings. The van der Waals surface area contributed by atoms with Crippen LogP contribution in [0.5, 0.6) is 11.5 Å². The molecular formula is C27H32N2O5S. The summed E-state index contributed by atoms with van der Waals surface area (Å²) in [5, 5.41) is 4.89. The third kappa shape index (κ3) is 6.13. The molecule has 1 saturated heterocycles. The zero-order valence-electron chi connectivity index (χ0n) is 20.0. The topological polar surface area (TPSA) is 84.9 Å². The number of carbonyl (C=O) groups excluding carboxylic acids is 1. The molecule has 0 radical (unpaired) electrons. The number of benzene rings is 3. The van der Waals surface area contributed by atoms with Gasteiger partial charge in [0.05, 0.1) is 11.4 Å². The van der Waals surface area contributed by atoms with Crippen LogP contribution in [0.3, 0.4) is 0 Å². The number of nitrogens with one attached hydrogen (secondary N) is 1. The Bertz CT molecular complexity index is 1230. The van der Waals surface area contributed by atoms with Crippen LogP contribution < -0.4 is 14.8 Å². The van der Waals surface area contributed by atoms with Crippen molar-refractivity contribution in [2.24, 2.45) is 0 Å². The molecule has 3 aromatic rings. The molecule has 1 aliphatic heterocycles. The monoisotopic (exact) mass is 496 g/mol. The minimum atomic E-state index is -3.46. The summed E-state index contributed by atoms with van der Waals surface area (Å²) in [5.74, 6) is 1.03. The normalized spacial score (nSPS) is 15.5. The van der Waals surface area contributed by atoms with Crippen LogP contribution in [0.4, 0.5) is 0 Å². The average Bonchev–Trinajstić information content (AvgIpc) is 2.90. The number of ether oxygens (including phenoxy) is 2. The highest BCUT2D eigenvalue weighted by Crippen LogP contribution is 2.26. The fourth-order valence-electron chi connectivity index (χ4n) is 4.19. The number of hydrogen-bond acceptors (Lipinski definition) is 5. The number of fused-ring (bicyclic) bond motifs is 1. The van der Waals surface area contributed by atoms with Gasteiger partial charge in [-0.3, -0.25) is 4.79 Å². The number of rotatable bonds is 10. The zero-order chi connectivity index (χ0) is 24.7. The minimum Gasteiger partial charge on any atom is -0.492 e. The van der Waals surface area contributed by atoms with E-state index in [-0.39, 0.29) is 17.4 Å². The summed E-state index contributed by atoms with van der Waals surface area (Å²) in [7, 11) is -3.46. The van der Waals surface area contributed by atoms with Crippen molar-refractivity contribution in [3.63, 3.8) is 0 Å². The van der Waals surface area contributed by atoms with Gasteiger partial charge in [-0.05, 0) is 55.0 Å². The van der Waals surface area contributed by atoms with Crippen molar-refractivity contribution >= 4 is 26.7 Å². The van der Waals surface area contributed by atoms with Gasteiger partial charge in [0.1, 0.15) is 18.1 Å². The van der Waals surface area contributed by atoms with Crippen LogP contribution in [-0.2, 0) is 14.8 Å². The molecule has 1 unspecified atom stereocenters. The molecule has 0 saturated carbocycles. The first-order chi connectivity index (χ1) is 17.0. The highest BCUT2D eigenvalue weighted by atomic mass is 32.2. The minimum absolute atomic E-state index is 0.202. The maximum Gasteiger partial charge on any atom is 0.261 e. The van der Waals surface area contributed by atoms with Crippen molar-refractivity contribution < 1.29 is 22.7 Å². The Morgan fingerprint density at radius 1 is 0.971 bits per heavy atom. The Morgan fingerprint density at radius 2 is 1.69 bits per heavy atom. The maximum atomic E-state index is 12.8. The van der Waals surface area contributed by atoms with Crippen LogP contribution in [0.2, 0.25) is 0 Å². The van der Waals surface area contributed by atoms with Gasteiger partial charge in [0.25, 0.3) is 5.91 Å². The molecule has 1 N–H and O–H groups in total. The molecule has 0 aromatic heterocycles. The molecular weight excluding hydrogens is 464 g/mol. The summed E-state index contributed by atoms with van der Waals surface area (Å²) >= 11 is 0. The first-order valence-electron chi connectivity index (χ1n) is 12.1. The number of piperidine rings is 1. The number of amides is 1. The van der Waals surface area contributed by atoms with Crippen molar-refractivity contribution in [3.05, 3.63) is 66.7 Å². The lowest BCUT2D eigenvalue weighted by atomic mass is 10.1. The molecule has 3 aromatic carbocycles. The van der Waals surface area contributed by atoms with Gasteiger partial charge >= 0.3 is 0 Å². The number of carbonyl (C=O) groups is 1. The highest BCUT2D eigenvalue weighted by molar-refractivity contribution is 7.89. The Labute approximate surface area is 207 Å². The van der Waals surface area contributed by atoms with Crippen molar-refractivity contribution in [3.8, 4) is 11.5 Å². The Morgan fingerprint density at radius 3 is 2.43 bits per heavy atom. The van der Waals surface area contributed by atoms with Gasteiger partial charge in [-0.1, -0.05) is 49.7 Å². The van der Waals surface area contributed by atoms with E-state index in [1.165, 1.54) is 0 Å². The van der Waals surface area contributed by atoms with Gasteiger partial charge in [0, 0.05) is 18.5 Å². The SMILES string of the molecule is CCC(Oc1cccc2ccccc12)C(=O)NCCOc1ccc(S(=O)(=O)N2CCCCC2)cc1. The fourth-order valence-corrected chi connectivity index (χ4v) is 5.71. The smallest absolute Gasteiger partial charge is 0.261 e. The fraction of sp³-hybridized carbons (Fsp3) is 0.370. The molecule has 1 atom stereocenters. The lowest BCUT2D eigenvalue weighted by Gasteiger charge is -2.25. The number of nitrogens with zero attached hydrogens (tertiary/aromatic N) is 1. The molecule has 0 aliphatic carbocycles. The quantitative estimate of drug-likeness (QED) is 0.422. The predicted octanol–water partition coefficient (Wildman–Crippen LogP) is 4.37. The van der Waals surface area contributed by atoms with E-state index >= 15 is 0 Å². The Kier molecular flexibility index (Phi) is 8.25. The van der Waals surface area contributed by atoms with E-state index < -0.39 is 16.1 Å². The summed E-state index contributed by atoms with van der Waals surface area (Å²) in [6.45, 7) is 3.62. The molecule has 0 spiro atoms. The second kappa shape index (κ2) is 11.6. The first kappa shape index (κ1) is 25.0.